The van der Waals surface area contributed by atoms with E-state index in [1.54, 1.807) is 0 Å². The van der Waals surface area contributed by atoms with E-state index in [1.807, 2.05) is 0 Å². The Labute approximate surface area is 348 Å². The van der Waals surface area contributed by atoms with E-state index in [4.69, 9.17) is 0 Å². The van der Waals surface area contributed by atoms with Crippen molar-refractivity contribution in [3.05, 3.63) is 248 Å². The molecule has 0 radical (unpaired) electrons. The minimum atomic E-state index is 0.532. The summed E-state index contributed by atoms with van der Waals surface area (Å²) in [5.74, 6) is 0.532. The molecule has 1 aliphatic carbocycles. The third kappa shape index (κ3) is 8.16. The number of para-hydroxylation sites is 5. The molecule has 4 nitrogen and oxygen atoms in total. The van der Waals surface area contributed by atoms with Crippen LogP contribution in [-0.4, -0.2) is 0 Å². The quantitative estimate of drug-likeness (QED) is 0.123. The second-order valence-corrected chi connectivity index (χ2v) is 14.8. The molecule has 1 aliphatic rings. The summed E-state index contributed by atoms with van der Waals surface area (Å²) < 4.78 is 0. The average Bonchev–Trinajstić information content (AvgIpc) is 3.31. The summed E-state index contributed by atoms with van der Waals surface area (Å²) in [6.07, 6.45) is 7.93. The molecule has 286 valence electrons. The Bertz CT molecular complexity index is 2400. The molecule has 1 unspecified atom stereocenters. The maximum absolute atomic E-state index is 2.35. The number of nitrogens with zero attached hydrogens (tertiary/aromatic N) is 4. The second kappa shape index (κ2) is 17.3. The zero-order valence-electron chi connectivity index (χ0n) is 33.2. The van der Waals surface area contributed by atoms with E-state index in [0.717, 1.165) is 69.0 Å². The van der Waals surface area contributed by atoms with E-state index < -0.39 is 0 Å². The van der Waals surface area contributed by atoms with E-state index in [1.165, 1.54) is 5.70 Å². The van der Waals surface area contributed by atoms with Crippen LogP contribution in [0.15, 0.2) is 248 Å². The van der Waals surface area contributed by atoms with Crippen LogP contribution in [-0.2, 0) is 0 Å². The Morgan fingerprint density at radius 2 is 0.508 bits per heavy atom. The first-order chi connectivity index (χ1) is 29.2. The van der Waals surface area contributed by atoms with Gasteiger partial charge in [0, 0.05) is 68.3 Å². The van der Waals surface area contributed by atoms with Crippen LogP contribution < -0.4 is 19.6 Å². The highest BCUT2D eigenvalue weighted by molar-refractivity contribution is 5.84. The van der Waals surface area contributed by atoms with Gasteiger partial charge in [-0.05, 0) is 152 Å². The van der Waals surface area contributed by atoms with Gasteiger partial charge in [-0.25, -0.2) is 0 Å². The molecule has 0 amide bonds. The molecule has 0 aromatic heterocycles. The molecule has 0 aliphatic heterocycles. The summed E-state index contributed by atoms with van der Waals surface area (Å²) >= 11 is 0. The molecule has 4 heteroatoms. The van der Waals surface area contributed by atoms with Gasteiger partial charge in [0.1, 0.15) is 0 Å². The van der Waals surface area contributed by atoms with E-state index in [-0.39, 0.29) is 0 Å². The van der Waals surface area contributed by atoms with E-state index in [0.29, 0.717) is 5.92 Å². The molecule has 0 bridgehead atoms. The van der Waals surface area contributed by atoms with Crippen molar-refractivity contribution in [1.82, 2.24) is 0 Å². The van der Waals surface area contributed by atoms with Gasteiger partial charge in [-0.15, -0.1) is 0 Å². The molecule has 0 fully saturated rings. The van der Waals surface area contributed by atoms with Crippen molar-refractivity contribution in [1.29, 1.82) is 0 Å². The fraction of sp³-hybridized carbons (Fsp3) is 0.0545. The van der Waals surface area contributed by atoms with Gasteiger partial charge < -0.3 is 19.6 Å². The van der Waals surface area contributed by atoms with E-state index >= 15 is 0 Å². The average molecular weight is 763 g/mol. The summed E-state index contributed by atoms with van der Waals surface area (Å²) in [6.45, 7) is 2.26. The lowest BCUT2D eigenvalue weighted by molar-refractivity contribution is 0.728. The normalized spacial score (nSPS) is 13.3. The van der Waals surface area contributed by atoms with Crippen molar-refractivity contribution < 1.29 is 0 Å². The summed E-state index contributed by atoms with van der Waals surface area (Å²) in [4.78, 5) is 9.29. The predicted molar refractivity (Wildman–Crippen MR) is 250 cm³/mol. The molecule has 0 heterocycles. The SMILES string of the molecule is CC1C=CC(N(c2ccccc2)c2ccc(N(c3ccc(N(c4ccccc4)c4ccccc4)cc3)c3ccc(N(c4ccccc4)c4ccccc4)cc3)cc2)=CC1. The molecular weight excluding hydrogens is 717 g/mol. The Morgan fingerprint density at radius 1 is 0.288 bits per heavy atom. The fourth-order valence-electron chi connectivity index (χ4n) is 7.81. The van der Waals surface area contributed by atoms with E-state index in [2.05, 4.69) is 269 Å². The summed E-state index contributed by atoms with van der Waals surface area (Å²) in [7, 11) is 0. The molecule has 8 aromatic rings. The van der Waals surface area contributed by atoms with Crippen molar-refractivity contribution >= 4 is 62.6 Å². The van der Waals surface area contributed by atoms with Crippen molar-refractivity contribution in [2.45, 2.75) is 13.3 Å². The smallest absolute Gasteiger partial charge is 0.0463 e. The zero-order valence-corrected chi connectivity index (χ0v) is 33.2. The third-order valence-corrected chi connectivity index (χ3v) is 10.7. The van der Waals surface area contributed by atoms with Gasteiger partial charge in [0.05, 0.1) is 0 Å². The molecule has 8 aromatic carbocycles. The minimum Gasteiger partial charge on any atom is -0.311 e. The number of anilines is 11. The molecule has 9 rings (SSSR count). The number of hydrogen-bond acceptors (Lipinski definition) is 4. The molecule has 0 saturated heterocycles. The third-order valence-electron chi connectivity index (χ3n) is 10.7. The first-order valence-electron chi connectivity index (χ1n) is 20.3. The highest BCUT2D eigenvalue weighted by Crippen LogP contribution is 2.42. The monoisotopic (exact) mass is 762 g/mol. The van der Waals surface area contributed by atoms with E-state index in [9.17, 15) is 0 Å². The van der Waals surface area contributed by atoms with Crippen LogP contribution in [0.5, 0.6) is 0 Å². The second-order valence-electron chi connectivity index (χ2n) is 14.8. The summed E-state index contributed by atoms with van der Waals surface area (Å²) in [6, 6.07) is 79.6. The Hall–Kier alpha value is -7.56. The van der Waals surface area contributed by atoms with Gasteiger partial charge in [0.2, 0.25) is 0 Å². The summed E-state index contributed by atoms with van der Waals surface area (Å²) in [5.41, 5.74) is 13.2. The minimum absolute atomic E-state index is 0.532. The van der Waals surface area contributed by atoms with Crippen LogP contribution in [0, 0.1) is 5.92 Å². The van der Waals surface area contributed by atoms with Crippen LogP contribution in [0.4, 0.5) is 62.6 Å². The zero-order chi connectivity index (χ0) is 39.8. The molecular formula is C55H46N4. The first-order valence-corrected chi connectivity index (χ1v) is 20.3. The predicted octanol–water partition coefficient (Wildman–Crippen LogP) is 15.7. The van der Waals surface area contributed by atoms with Crippen LogP contribution in [0.25, 0.3) is 0 Å². The number of allylic oxidation sites excluding steroid dienone is 3. The van der Waals surface area contributed by atoms with Gasteiger partial charge in [-0.1, -0.05) is 110 Å². The molecule has 1 atom stereocenters. The van der Waals surface area contributed by atoms with Gasteiger partial charge in [0.15, 0.2) is 0 Å². The standard InChI is InChI=1S/C55H46N4/c1-43-27-29-49(30-28-43)58(48-25-15-6-16-26-48)52-35-41-55(42-36-52)59(53-37-31-50(32-38-53)56(44-17-7-2-8-18-44)45-19-9-3-10-20-45)54-39-33-51(34-40-54)57(46-21-11-4-12-22-46)47-23-13-5-14-24-47/h2-27,29-43H,28H2,1H3. The highest BCUT2D eigenvalue weighted by atomic mass is 15.2. The highest BCUT2D eigenvalue weighted by Gasteiger charge is 2.20. The van der Waals surface area contributed by atoms with Gasteiger partial charge in [0.25, 0.3) is 0 Å². The number of benzene rings is 8. The van der Waals surface area contributed by atoms with Gasteiger partial charge >= 0.3 is 0 Å². The topological polar surface area (TPSA) is 13.0 Å². The molecule has 0 spiro atoms. The van der Waals surface area contributed by atoms with Crippen molar-refractivity contribution in [2.75, 3.05) is 19.6 Å². The lowest BCUT2D eigenvalue weighted by Crippen LogP contribution is -2.17. The Morgan fingerprint density at radius 3 is 0.746 bits per heavy atom. The van der Waals surface area contributed by atoms with Gasteiger partial charge in [-0.3, -0.25) is 0 Å². The molecule has 0 saturated carbocycles. The molecule has 59 heavy (non-hydrogen) atoms. The van der Waals surface area contributed by atoms with Crippen LogP contribution >= 0.6 is 0 Å². The van der Waals surface area contributed by atoms with Crippen molar-refractivity contribution in [2.24, 2.45) is 5.92 Å². The Kier molecular flexibility index (Phi) is 10.9. The molecule has 0 N–H and O–H groups in total. The van der Waals surface area contributed by atoms with Crippen molar-refractivity contribution in [3.63, 3.8) is 0 Å². The van der Waals surface area contributed by atoms with Gasteiger partial charge in [-0.2, -0.15) is 0 Å². The maximum Gasteiger partial charge on any atom is 0.0463 e. The lowest BCUT2D eigenvalue weighted by atomic mass is 10.0. The Balaban J connectivity index is 1.12. The first kappa shape index (κ1) is 37.0. The van der Waals surface area contributed by atoms with Crippen LogP contribution in [0.3, 0.4) is 0 Å². The fourth-order valence-corrected chi connectivity index (χ4v) is 7.81. The van der Waals surface area contributed by atoms with Crippen LogP contribution in [0.2, 0.25) is 0 Å². The van der Waals surface area contributed by atoms with Crippen molar-refractivity contribution in [3.8, 4) is 0 Å². The lowest BCUT2D eigenvalue weighted by Gasteiger charge is -2.31. The van der Waals surface area contributed by atoms with Crippen LogP contribution in [0.1, 0.15) is 13.3 Å². The summed E-state index contributed by atoms with van der Waals surface area (Å²) in [5, 5.41) is 0. The number of hydrogen-bond donors (Lipinski definition) is 0. The number of rotatable bonds is 12. The maximum atomic E-state index is 2.35. The largest absolute Gasteiger partial charge is 0.311 e.